The molecule has 0 bridgehead atoms. The summed E-state index contributed by atoms with van der Waals surface area (Å²) < 4.78 is 32.1. The van der Waals surface area contributed by atoms with Crippen molar-refractivity contribution in [2.45, 2.75) is 10.8 Å². The van der Waals surface area contributed by atoms with E-state index >= 15 is 0 Å². The SMILES string of the molecule is CN(Cc1ccc(N2CCOCC2)cc1)C(=O)CNS(=O)(=O)c1cccs1. The van der Waals surface area contributed by atoms with Gasteiger partial charge in [0.2, 0.25) is 5.91 Å². The van der Waals surface area contributed by atoms with Gasteiger partial charge >= 0.3 is 0 Å². The van der Waals surface area contributed by atoms with Gasteiger partial charge in [-0.25, -0.2) is 13.1 Å². The molecule has 0 unspecified atom stereocenters. The van der Waals surface area contributed by atoms with E-state index in [0.717, 1.165) is 48.9 Å². The van der Waals surface area contributed by atoms with Crippen LogP contribution in [0.25, 0.3) is 0 Å². The first kappa shape index (κ1) is 19.8. The van der Waals surface area contributed by atoms with Crippen LogP contribution in [0.15, 0.2) is 46.0 Å². The predicted molar refractivity (Wildman–Crippen MR) is 105 cm³/mol. The van der Waals surface area contributed by atoms with Gasteiger partial charge in [-0.3, -0.25) is 4.79 Å². The van der Waals surface area contributed by atoms with Crippen molar-refractivity contribution in [3.63, 3.8) is 0 Å². The Labute approximate surface area is 163 Å². The minimum absolute atomic E-state index is 0.205. The number of anilines is 1. The number of nitrogens with one attached hydrogen (secondary N) is 1. The van der Waals surface area contributed by atoms with Crippen LogP contribution in [0.4, 0.5) is 5.69 Å². The van der Waals surface area contributed by atoms with Crippen LogP contribution in [0.1, 0.15) is 5.56 Å². The number of carbonyl (C=O) groups is 1. The van der Waals surface area contributed by atoms with E-state index in [-0.39, 0.29) is 16.7 Å². The fourth-order valence-corrected chi connectivity index (χ4v) is 4.79. The largest absolute Gasteiger partial charge is 0.378 e. The second-order valence-corrected chi connectivity index (χ2v) is 9.21. The van der Waals surface area contributed by atoms with Crippen LogP contribution in [0.3, 0.4) is 0 Å². The Kier molecular flexibility index (Phi) is 6.48. The summed E-state index contributed by atoms with van der Waals surface area (Å²) in [5, 5.41) is 1.68. The molecule has 1 amide bonds. The van der Waals surface area contributed by atoms with Crippen LogP contribution in [-0.4, -0.2) is 59.1 Å². The molecule has 1 fully saturated rings. The van der Waals surface area contributed by atoms with Crippen LogP contribution < -0.4 is 9.62 Å². The maximum atomic E-state index is 12.3. The first-order valence-electron chi connectivity index (χ1n) is 8.64. The molecule has 27 heavy (non-hydrogen) atoms. The summed E-state index contributed by atoms with van der Waals surface area (Å²) >= 11 is 1.12. The summed E-state index contributed by atoms with van der Waals surface area (Å²) in [7, 11) is -1.97. The van der Waals surface area contributed by atoms with Crippen molar-refractivity contribution in [2.24, 2.45) is 0 Å². The van der Waals surface area contributed by atoms with E-state index in [0.29, 0.717) is 6.54 Å². The topological polar surface area (TPSA) is 79.0 Å². The smallest absolute Gasteiger partial charge is 0.250 e. The number of hydrogen-bond donors (Lipinski definition) is 1. The Morgan fingerprint density at radius 1 is 1.22 bits per heavy atom. The zero-order valence-electron chi connectivity index (χ0n) is 15.1. The number of rotatable bonds is 7. The molecule has 1 aliphatic rings. The van der Waals surface area contributed by atoms with E-state index in [4.69, 9.17) is 4.74 Å². The molecule has 0 aliphatic carbocycles. The van der Waals surface area contributed by atoms with Crippen LogP contribution in [0.2, 0.25) is 0 Å². The lowest BCUT2D eigenvalue weighted by Gasteiger charge is -2.29. The van der Waals surface area contributed by atoms with Crippen LogP contribution in [-0.2, 0) is 26.1 Å². The van der Waals surface area contributed by atoms with Crippen molar-refractivity contribution in [3.8, 4) is 0 Å². The summed E-state index contributed by atoms with van der Waals surface area (Å²) in [4.78, 5) is 16.0. The molecule has 0 atom stereocenters. The number of thiophene rings is 1. The van der Waals surface area contributed by atoms with Gasteiger partial charge in [-0.1, -0.05) is 18.2 Å². The van der Waals surface area contributed by atoms with E-state index in [1.165, 1.54) is 11.0 Å². The molecule has 1 N–H and O–H groups in total. The minimum Gasteiger partial charge on any atom is -0.378 e. The third-order valence-electron chi connectivity index (χ3n) is 4.33. The van der Waals surface area contributed by atoms with Crippen molar-refractivity contribution < 1.29 is 17.9 Å². The second-order valence-electron chi connectivity index (χ2n) is 6.27. The van der Waals surface area contributed by atoms with Crippen LogP contribution >= 0.6 is 11.3 Å². The molecule has 0 spiro atoms. The number of morpholine rings is 1. The van der Waals surface area contributed by atoms with Gasteiger partial charge in [0.1, 0.15) is 4.21 Å². The van der Waals surface area contributed by atoms with Gasteiger partial charge in [-0.05, 0) is 29.1 Å². The summed E-state index contributed by atoms with van der Waals surface area (Å²) in [5.74, 6) is -0.285. The first-order chi connectivity index (χ1) is 13.0. The number of sulfonamides is 1. The molecule has 2 heterocycles. The monoisotopic (exact) mass is 409 g/mol. The van der Waals surface area contributed by atoms with Crippen molar-refractivity contribution in [1.29, 1.82) is 0 Å². The lowest BCUT2D eigenvalue weighted by molar-refractivity contribution is -0.129. The molecule has 2 aromatic rings. The van der Waals surface area contributed by atoms with Gasteiger partial charge in [0.15, 0.2) is 0 Å². The molecule has 0 saturated carbocycles. The fraction of sp³-hybridized carbons (Fsp3) is 0.389. The van der Waals surface area contributed by atoms with E-state index in [2.05, 4.69) is 9.62 Å². The lowest BCUT2D eigenvalue weighted by atomic mass is 10.1. The van der Waals surface area contributed by atoms with Crippen molar-refractivity contribution in [1.82, 2.24) is 9.62 Å². The fourth-order valence-electron chi connectivity index (χ4n) is 2.77. The molecular weight excluding hydrogens is 386 g/mol. The number of benzene rings is 1. The maximum absolute atomic E-state index is 12.3. The standard InChI is InChI=1S/C18H23N3O4S2/c1-20(17(22)13-19-27(23,24)18-3-2-12-26-18)14-15-4-6-16(7-5-15)21-8-10-25-11-9-21/h2-7,12,19H,8-11,13-14H2,1H3. The number of hydrogen-bond acceptors (Lipinski definition) is 6. The molecule has 9 heteroatoms. The third kappa shape index (κ3) is 5.29. The molecule has 1 aliphatic heterocycles. The molecule has 146 valence electrons. The third-order valence-corrected chi connectivity index (χ3v) is 7.13. The molecule has 1 saturated heterocycles. The Morgan fingerprint density at radius 2 is 1.93 bits per heavy atom. The summed E-state index contributed by atoms with van der Waals surface area (Å²) in [5.41, 5.74) is 2.13. The van der Waals surface area contributed by atoms with Crippen molar-refractivity contribution in [2.75, 3.05) is 44.8 Å². The highest BCUT2D eigenvalue weighted by atomic mass is 32.2. The second kappa shape index (κ2) is 8.83. The molecular formula is C18H23N3O4S2. The summed E-state index contributed by atoms with van der Waals surface area (Å²) in [6, 6.07) is 11.2. The van der Waals surface area contributed by atoms with E-state index in [1.54, 1.807) is 18.5 Å². The highest BCUT2D eigenvalue weighted by Gasteiger charge is 2.18. The van der Waals surface area contributed by atoms with Gasteiger partial charge in [0, 0.05) is 32.4 Å². The Morgan fingerprint density at radius 3 is 2.56 bits per heavy atom. The zero-order valence-corrected chi connectivity index (χ0v) is 16.8. The van der Waals surface area contributed by atoms with Gasteiger partial charge < -0.3 is 14.5 Å². The predicted octanol–water partition coefficient (Wildman–Crippen LogP) is 1.52. The van der Waals surface area contributed by atoms with Crippen molar-refractivity contribution >= 4 is 33.0 Å². The van der Waals surface area contributed by atoms with Crippen LogP contribution in [0, 0.1) is 0 Å². The quantitative estimate of drug-likeness (QED) is 0.750. The van der Waals surface area contributed by atoms with E-state index in [1.807, 2.05) is 24.3 Å². The Balaban J connectivity index is 1.52. The minimum atomic E-state index is -3.63. The number of amides is 1. The molecule has 7 nitrogen and oxygen atoms in total. The first-order valence-corrected chi connectivity index (χ1v) is 11.0. The normalized spacial score (nSPS) is 14.9. The molecule has 0 radical (unpaired) electrons. The summed E-state index contributed by atoms with van der Waals surface area (Å²) in [6.07, 6.45) is 0. The van der Waals surface area contributed by atoms with Gasteiger partial charge in [0.05, 0.1) is 19.8 Å². The molecule has 3 rings (SSSR count). The number of likely N-dealkylation sites (N-methyl/N-ethyl adjacent to an activating group) is 1. The number of ether oxygens (including phenoxy) is 1. The highest BCUT2D eigenvalue weighted by molar-refractivity contribution is 7.91. The average Bonchev–Trinajstić information content (AvgIpc) is 3.23. The van der Waals surface area contributed by atoms with Gasteiger partial charge in [-0.2, -0.15) is 0 Å². The zero-order chi connectivity index (χ0) is 19.3. The maximum Gasteiger partial charge on any atom is 0.250 e. The molecule has 1 aromatic heterocycles. The van der Waals surface area contributed by atoms with E-state index < -0.39 is 10.0 Å². The van der Waals surface area contributed by atoms with Gasteiger partial charge in [0.25, 0.3) is 10.0 Å². The lowest BCUT2D eigenvalue weighted by Crippen LogP contribution is -2.37. The summed E-state index contributed by atoms with van der Waals surface area (Å²) in [6.45, 7) is 3.39. The van der Waals surface area contributed by atoms with Crippen LogP contribution in [0.5, 0.6) is 0 Å². The van der Waals surface area contributed by atoms with Crippen molar-refractivity contribution in [3.05, 3.63) is 47.3 Å². The average molecular weight is 410 g/mol. The van der Waals surface area contributed by atoms with E-state index in [9.17, 15) is 13.2 Å². The Bertz CT molecular complexity index is 845. The van der Waals surface area contributed by atoms with Gasteiger partial charge in [-0.15, -0.1) is 11.3 Å². The number of nitrogens with zero attached hydrogens (tertiary/aromatic N) is 2. The number of carbonyl (C=O) groups excluding carboxylic acids is 1. The highest BCUT2D eigenvalue weighted by Crippen LogP contribution is 2.18. The Hall–Kier alpha value is -1.94. The molecule has 1 aromatic carbocycles.